The van der Waals surface area contributed by atoms with E-state index in [2.05, 4.69) is 11.8 Å². The molecule has 0 aliphatic heterocycles. The summed E-state index contributed by atoms with van der Waals surface area (Å²) in [4.78, 5) is 0. The van der Waals surface area contributed by atoms with Crippen molar-refractivity contribution in [2.75, 3.05) is 0 Å². The number of nitrogens with zero attached hydrogens (tertiary/aromatic N) is 1. The second kappa shape index (κ2) is 4.14. The zero-order chi connectivity index (χ0) is 7.94. The molecule has 0 saturated carbocycles. The molecule has 1 aromatic carbocycles. The van der Waals surface area contributed by atoms with Gasteiger partial charge in [-0.2, -0.15) is 5.26 Å². The normalized spacial score (nSPS) is 7.55. The lowest BCUT2D eigenvalue weighted by Gasteiger charge is -1.84. The van der Waals surface area contributed by atoms with Crippen molar-refractivity contribution in [1.82, 2.24) is 0 Å². The zero-order valence-corrected chi connectivity index (χ0v) is 6.04. The lowest BCUT2D eigenvalue weighted by molar-refractivity contribution is 1.39. The first-order valence-electron chi connectivity index (χ1n) is 3.34. The highest BCUT2D eigenvalue weighted by Gasteiger charge is 1.79. The minimum atomic E-state index is 0.300. The van der Waals surface area contributed by atoms with Crippen molar-refractivity contribution in [1.29, 1.82) is 5.26 Å². The van der Waals surface area contributed by atoms with Gasteiger partial charge in [0.25, 0.3) is 0 Å². The molecule has 0 aromatic heterocycles. The molecule has 11 heavy (non-hydrogen) atoms. The summed E-state index contributed by atoms with van der Waals surface area (Å²) in [6, 6.07) is 11.6. The average Bonchev–Trinajstić information content (AvgIpc) is 2.07. The van der Waals surface area contributed by atoms with Crippen LogP contribution in [0.2, 0.25) is 0 Å². The molecule has 1 rings (SSSR count). The number of benzene rings is 1. The van der Waals surface area contributed by atoms with Gasteiger partial charge >= 0.3 is 0 Å². The van der Waals surface area contributed by atoms with Gasteiger partial charge in [-0.05, 0) is 12.1 Å². The van der Waals surface area contributed by atoms with Crippen molar-refractivity contribution < 1.29 is 0 Å². The van der Waals surface area contributed by atoms with E-state index in [0.717, 1.165) is 5.56 Å². The molecule has 0 N–H and O–H groups in total. The molecule has 0 heterocycles. The first kappa shape index (κ1) is 7.38. The van der Waals surface area contributed by atoms with Crippen LogP contribution in [0, 0.1) is 23.2 Å². The van der Waals surface area contributed by atoms with Crippen molar-refractivity contribution in [3.8, 4) is 17.9 Å². The van der Waals surface area contributed by atoms with Crippen molar-refractivity contribution >= 4 is 0 Å². The van der Waals surface area contributed by atoms with Gasteiger partial charge in [0.05, 0.1) is 12.5 Å². The van der Waals surface area contributed by atoms with Crippen LogP contribution >= 0.6 is 0 Å². The third-order valence-electron chi connectivity index (χ3n) is 1.17. The largest absolute Gasteiger partial charge is 0.197 e. The molecule has 1 aromatic rings. The average molecular weight is 141 g/mol. The Balaban J connectivity index is 2.68. The summed E-state index contributed by atoms with van der Waals surface area (Å²) >= 11 is 0. The first-order chi connectivity index (χ1) is 5.43. The molecule has 52 valence electrons. The van der Waals surface area contributed by atoms with E-state index in [4.69, 9.17) is 5.26 Å². The molecule has 0 aliphatic carbocycles. The summed E-state index contributed by atoms with van der Waals surface area (Å²) in [6.45, 7) is 0. The Hall–Kier alpha value is -1.73. The van der Waals surface area contributed by atoms with Gasteiger partial charge < -0.3 is 0 Å². The SMILES string of the molecule is N#CCC#Cc1ccccc1. The van der Waals surface area contributed by atoms with Gasteiger partial charge in [0, 0.05) is 5.56 Å². The van der Waals surface area contributed by atoms with E-state index in [1.54, 1.807) is 0 Å². The Morgan fingerprint density at radius 3 is 2.55 bits per heavy atom. The highest BCUT2D eigenvalue weighted by atomic mass is 14.2. The predicted molar refractivity (Wildman–Crippen MR) is 43.6 cm³/mol. The molecule has 0 unspecified atom stereocenters. The fourth-order valence-corrected chi connectivity index (χ4v) is 0.707. The van der Waals surface area contributed by atoms with E-state index in [-0.39, 0.29) is 0 Å². The Morgan fingerprint density at radius 2 is 1.91 bits per heavy atom. The van der Waals surface area contributed by atoms with Crippen LogP contribution < -0.4 is 0 Å². The van der Waals surface area contributed by atoms with Gasteiger partial charge in [-0.25, -0.2) is 0 Å². The predicted octanol–water partition coefficient (Wildman–Crippen LogP) is 1.95. The summed E-state index contributed by atoms with van der Waals surface area (Å²) in [6.07, 6.45) is 0.300. The zero-order valence-electron chi connectivity index (χ0n) is 6.04. The third kappa shape index (κ3) is 2.56. The Kier molecular flexibility index (Phi) is 2.78. The van der Waals surface area contributed by atoms with E-state index in [9.17, 15) is 0 Å². The van der Waals surface area contributed by atoms with Gasteiger partial charge in [-0.1, -0.05) is 30.0 Å². The molecular weight excluding hydrogens is 134 g/mol. The highest BCUT2D eigenvalue weighted by molar-refractivity contribution is 5.33. The second-order valence-electron chi connectivity index (χ2n) is 2.00. The number of rotatable bonds is 0. The lowest BCUT2D eigenvalue weighted by atomic mass is 10.2. The quantitative estimate of drug-likeness (QED) is 0.506. The minimum Gasteiger partial charge on any atom is -0.197 e. The Labute approximate surface area is 66.3 Å². The van der Waals surface area contributed by atoms with Crippen LogP contribution in [0.3, 0.4) is 0 Å². The fourth-order valence-electron chi connectivity index (χ4n) is 0.707. The molecular formula is C10H7N. The van der Waals surface area contributed by atoms with E-state index >= 15 is 0 Å². The number of hydrogen-bond donors (Lipinski definition) is 0. The summed E-state index contributed by atoms with van der Waals surface area (Å²) in [5.41, 5.74) is 0.961. The standard InChI is InChI=1S/C10H7N/c11-9-5-4-8-10-6-2-1-3-7-10/h1-3,6-7H,5H2. The smallest absolute Gasteiger partial charge is 0.0966 e. The highest BCUT2D eigenvalue weighted by Crippen LogP contribution is 1.94. The molecule has 0 amide bonds. The van der Waals surface area contributed by atoms with Crippen molar-refractivity contribution in [3.63, 3.8) is 0 Å². The number of nitriles is 1. The van der Waals surface area contributed by atoms with E-state index < -0.39 is 0 Å². The Morgan fingerprint density at radius 1 is 1.18 bits per heavy atom. The number of hydrogen-bond acceptors (Lipinski definition) is 1. The molecule has 0 radical (unpaired) electrons. The van der Waals surface area contributed by atoms with Crippen molar-refractivity contribution in [3.05, 3.63) is 35.9 Å². The molecule has 0 aliphatic rings. The molecule has 1 nitrogen and oxygen atoms in total. The van der Waals surface area contributed by atoms with Crippen molar-refractivity contribution in [2.24, 2.45) is 0 Å². The summed E-state index contributed by atoms with van der Waals surface area (Å²) in [5.74, 6) is 5.61. The van der Waals surface area contributed by atoms with Gasteiger partial charge in [0.2, 0.25) is 0 Å². The third-order valence-corrected chi connectivity index (χ3v) is 1.17. The molecule has 0 saturated heterocycles. The van der Waals surface area contributed by atoms with Crippen LogP contribution in [-0.4, -0.2) is 0 Å². The van der Waals surface area contributed by atoms with Crippen LogP contribution in [-0.2, 0) is 0 Å². The molecule has 0 bridgehead atoms. The van der Waals surface area contributed by atoms with Crippen LogP contribution in [0.5, 0.6) is 0 Å². The topological polar surface area (TPSA) is 23.8 Å². The molecule has 0 atom stereocenters. The van der Waals surface area contributed by atoms with Gasteiger partial charge in [-0.3, -0.25) is 0 Å². The van der Waals surface area contributed by atoms with Crippen LogP contribution in [0.4, 0.5) is 0 Å². The Bertz CT molecular complexity index is 308. The molecule has 1 heteroatoms. The van der Waals surface area contributed by atoms with Gasteiger partial charge in [0.15, 0.2) is 0 Å². The van der Waals surface area contributed by atoms with E-state index in [1.807, 2.05) is 36.4 Å². The van der Waals surface area contributed by atoms with E-state index in [0.29, 0.717) is 6.42 Å². The van der Waals surface area contributed by atoms with Crippen LogP contribution in [0.25, 0.3) is 0 Å². The second-order valence-corrected chi connectivity index (χ2v) is 2.00. The van der Waals surface area contributed by atoms with Crippen LogP contribution in [0.15, 0.2) is 30.3 Å². The summed E-state index contributed by atoms with van der Waals surface area (Å²) in [5, 5.41) is 8.19. The lowest BCUT2D eigenvalue weighted by Crippen LogP contribution is -1.69. The van der Waals surface area contributed by atoms with E-state index in [1.165, 1.54) is 0 Å². The minimum absolute atomic E-state index is 0.300. The maximum absolute atomic E-state index is 8.19. The van der Waals surface area contributed by atoms with Crippen LogP contribution in [0.1, 0.15) is 12.0 Å². The molecule has 0 fully saturated rings. The van der Waals surface area contributed by atoms with Gasteiger partial charge in [0.1, 0.15) is 0 Å². The summed E-state index contributed by atoms with van der Waals surface area (Å²) in [7, 11) is 0. The monoisotopic (exact) mass is 141 g/mol. The van der Waals surface area contributed by atoms with Crippen molar-refractivity contribution in [2.45, 2.75) is 6.42 Å². The first-order valence-corrected chi connectivity index (χ1v) is 3.34. The fraction of sp³-hybridized carbons (Fsp3) is 0.100. The maximum atomic E-state index is 8.19. The summed E-state index contributed by atoms with van der Waals surface area (Å²) < 4.78 is 0. The van der Waals surface area contributed by atoms with Gasteiger partial charge in [-0.15, -0.1) is 0 Å². The molecule has 0 spiro atoms. The maximum Gasteiger partial charge on any atom is 0.0966 e.